The molecule has 0 aliphatic heterocycles. The maximum Gasteiger partial charge on any atom is 0.116 e. The van der Waals surface area contributed by atoms with E-state index in [1.54, 1.807) is 4.68 Å². The first kappa shape index (κ1) is 14.2. The van der Waals surface area contributed by atoms with Crippen LogP contribution in [0.3, 0.4) is 0 Å². The van der Waals surface area contributed by atoms with Gasteiger partial charge in [-0.3, -0.25) is 0 Å². The Morgan fingerprint density at radius 1 is 1.00 bits per heavy atom. The van der Waals surface area contributed by atoms with Gasteiger partial charge >= 0.3 is 0 Å². The van der Waals surface area contributed by atoms with Gasteiger partial charge in [0, 0.05) is 0 Å². The lowest BCUT2D eigenvalue weighted by atomic mass is 10.1. The summed E-state index contributed by atoms with van der Waals surface area (Å²) in [4.78, 5) is 0. The van der Waals surface area contributed by atoms with E-state index in [0.717, 1.165) is 22.5 Å². The second-order valence-electron chi connectivity index (χ2n) is 5.02. The van der Waals surface area contributed by atoms with Gasteiger partial charge in [0.1, 0.15) is 5.69 Å². The third-order valence-corrected chi connectivity index (χ3v) is 3.51. The van der Waals surface area contributed by atoms with E-state index < -0.39 is 0 Å². The number of benzene rings is 2. The highest BCUT2D eigenvalue weighted by Crippen LogP contribution is 2.19. The highest BCUT2D eigenvalue weighted by Gasteiger charge is 2.12. The molecule has 0 saturated carbocycles. The minimum absolute atomic E-state index is 0.139. The van der Waals surface area contributed by atoms with Crippen LogP contribution in [-0.2, 0) is 6.61 Å². The van der Waals surface area contributed by atoms with Crippen molar-refractivity contribution < 1.29 is 5.11 Å². The summed E-state index contributed by atoms with van der Waals surface area (Å²) >= 11 is 0. The maximum absolute atomic E-state index is 9.50. The Morgan fingerprint density at radius 2 is 1.73 bits per heavy atom. The zero-order valence-corrected chi connectivity index (χ0v) is 12.3. The molecule has 1 aromatic heterocycles. The number of aliphatic hydroxyl groups excluding tert-OH is 1. The summed E-state index contributed by atoms with van der Waals surface area (Å²) in [5, 5.41) is 17.8. The monoisotopic (exact) mass is 291 g/mol. The number of aryl methyl sites for hydroxylation is 1. The highest BCUT2D eigenvalue weighted by molar-refractivity contribution is 5.69. The van der Waals surface area contributed by atoms with Crippen LogP contribution in [0, 0.1) is 6.92 Å². The van der Waals surface area contributed by atoms with Gasteiger partial charge in [0.15, 0.2) is 0 Å². The van der Waals surface area contributed by atoms with Crippen LogP contribution in [0.4, 0.5) is 0 Å². The third-order valence-electron chi connectivity index (χ3n) is 3.51. The van der Waals surface area contributed by atoms with Crippen molar-refractivity contribution in [2.75, 3.05) is 0 Å². The Labute approximate surface area is 129 Å². The number of hydrogen-bond donors (Lipinski definition) is 1. The molecular formula is C18H17N3O. The summed E-state index contributed by atoms with van der Waals surface area (Å²) in [6.07, 6.45) is 3.93. The molecule has 0 fully saturated rings. The quantitative estimate of drug-likeness (QED) is 0.803. The van der Waals surface area contributed by atoms with Crippen LogP contribution in [0.15, 0.2) is 54.6 Å². The van der Waals surface area contributed by atoms with Gasteiger partial charge in [0.2, 0.25) is 0 Å². The van der Waals surface area contributed by atoms with E-state index >= 15 is 0 Å². The van der Waals surface area contributed by atoms with Gasteiger partial charge in [-0.2, -0.15) is 0 Å². The smallest absolute Gasteiger partial charge is 0.116 e. The van der Waals surface area contributed by atoms with Crippen LogP contribution in [0.5, 0.6) is 0 Å². The number of aliphatic hydroxyl groups is 1. The van der Waals surface area contributed by atoms with Gasteiger partial charge in [-0.25, -0.2) is 4.68 Å². The minimum atomic E-state index is -0.139. The molecule has 0 aliphatic rings. The molecule has 1 heterocycles. The van der Waals surface area contributed by atoms with Crippen molar-refractivity contribution in [3.63, 3.8) is 0 Å². The Morgan fingerprint density at radius 3 is 2.45 bits per heavy atom. The molecule has 1 N–H and O–H groups in total. The molecule has 0 spiro atoms. The SMILES string of the molecule is Cc1ccccc1-n1nnc(CO)c1/C=C/c1ccccc1. The molecule has 0 unspecified atom stereocenters. The second-order valence-corrected chi connectivity index (χ2v) is 5.02. The van der Waals surface area contributed by atoms with Gasteiger partial charge in [-0.15, -0.1) is 5.10 Å². The molecule has 0 saturated heterocycles. The zero-order valence-electron chi connectivity index (χ0n) is 12.3. The van der Waals surface area contributed by atoms with Crippen molar-refractivity contribution in [2.24, 2.45) is 0 Å². The van der Waals surface area contributed by atoms with E-state index in [4.69, 9.17) is 0 Å². The molecule has 4 nitrogen and oxygen atoms in total. The molecule has 4 heteroatoms. The van der Waals surface area contributed by atoms with Gasteiger partial charge in [-0.05, 0) is 30.2 Å². The van der Waals surface area contributed by atoms with Gasteiger partial charge in [0.05, 0.1) is 18.0 Å². The van der Waals surface area contributed by atoms with Crippen LogP contribution in [-0.4, -0.2) is 20.1 Å². The van der Waals surface area contributed by atoms with Crippen LogP contribution >= 0.6 is 0 Å². The second kappa shape index (κ2) is 6.37. The largest absolute Gasteiger partial charge is 0.390 e. The van der Waals surface area contributed by atoms with E-state index in [-0.39, 0.29) is 6.61 Å². The Balaban J connectivity index is 2.05. The number of para-hydroxylation sites is 1. The van der Waals surface area contributed by atoms with Gasteiger partial charge in [-0.1, -0.05) is 59.8 Å². The minimum Gasteiger partial charge on any atom is -0.390 e. The van der Waals surface area contributed by atoms with Crippen molar-refractivity contribution in [1.29, 1.82) is 0 Å². The van der Waals surface area contributed by atoms with Crippen molar-refractivity contribution in [3.05, 3.63) is 77.1 Å². The Bertz CT molecular complexity index is 791. The average molecular weight is 291 g/mol. The fraction of sp³-hybridized carbons (Fsp3) is 0.111. The predicted molar refractivity (Wildman–Crippen MR) is 87.4 cm³/mol. The molecule has 2 aromatic carbocycles. The predicted octanol–water partition coefficient (Wildman–Crippen LogP) is 3.24. The Hall–Kier alpha value is -2.72. The van der Waals surface area contributed by atoms with E-state index in [0.29, 0.717) is 5.69 Å². The van der Waals surface area contributed by atoms with Crippen LogP contribution in [0.25, 0.3) is 17.8 Å². The van der Waals surface area contributed by atoms with E-state index in [1.807, 2.05) is 73.7 Å². The number of nitrogens with zero attached hydrogens (tertiary/aromatic N) is 3. The van der Waals surface area contributed by atoms with Crippen LogP contribution in [0.1, 0.15) is 22.5 Å². The summed E-state index contributed by atoms with van der Waals surface area (Å²) in [6.45, 7) is 1.89. The maximum atomic E-state index is 9.50. The first-order valence-corrected chi connectivity index (χ1v) is 7.14. The summed E-state index contributed by atoms with van der Waals surface area (Å²) < 4.78 is 1.76. The van der Waals surface area contributed by atoms with E-state index in [1.165, 1.54) is 0 Å². The van der Waals surface area contributed by atoms with Crippen molar-refractivity contribution in [1.82, 2.24) is 15.0 Å². The third kappa shape index (κ3) is 2.82. The first-order valence-electron chi connectivity index (χ1n) is 7.14. The fourth-order valence-corrected chi connectivity index (χ4v) is 2.32. The fourth-order valence-electron chi connectivity index (χ4n) is 2.32. The van der Waals surface area contributed by atoms with E-state index in [9.17, 15) is 5.11 Å². The molecule has 0 aliphatic carbocycles. The van der Waals surface area contributed by atoms with E-state index in [2.05, 4.69) is 10.3 Å². The average Bonchev–Trinajstić information content (AvgIpc) is 2.97. The van der Waals surface area contributed by atoms with Gasteiger partial charge in [0.25, 0.3) is 0 Å². The molecule has 110 valence electrons. The van der Waals surface area contributed by atoms with Crippen LogP contribution in [0.2, 0.25) is 0 Å². The summed E-state index contributed by atoms with van der Waals surface area (Å²) in [6, 6.07) is 18.0. The molecule has 0 atom stereocenters. The van der Waals surface area contributed by atoms with Crippen molar-refractivity contribution in [2.45, 2.75) is 13.5 Å². The summed E-state index contributed by atoms with van der Waals surface area (Å²) in [5.74, 6) is 0. The van der Waals surface area contributed by atoms with Crippen molar-refractivity contribution in [3.8, 4) is 5.69 Å². The highest BCUT2D eigenvalue weighted by atomic mass is 16.3. The molecule has 3 aromatic rings. The number of hydrogen-bond acceptors (Lipinski definition) is 3. The zero-order chi connectivity index (χ0) is 15.4. The topological polar surface area (TPSA) is 50.9 Å². The lowest BCUT2D eigenvalue weighted by molar-refractivity contribution is 0.276. The Kier molecular flexibility index (Phi) is 4.12. The standard InChI is InChI=1S/C18H17N3O/c1-14-7-5-6-10-17(14)21-18(16(13-22)19-20-21)12-11-15-8-3-2-4-9-15/h2-12,22H,13H2,1H3/b12-11+. The lowest BCUT2D eigenvalue weighted by Gasteiger charge is -2.07. The summed E-state index contributed by atoms with van der Waals surface area (Å²) in [5.41, 5.74) is 4.51. The first-order chi connectivity index (χ1) is 10.8. The molecule has 0 bridgehead atoms. The summed E-state index contributed by atoms with van der Waals surface area (Å²) in [7, 11) is 0. The number of rotatable bonds is 4. The normalized spacial score (nSPS) is 11.2. The van der Waals surface area contributed by atoms with Crippen molar-refractivity contribution >= 4 is 12.2 Å². The molecule has 0 amide bonds. The van der Waals surface area contributed by atoms with Crippen LogP contribution < -0.4 is 0 Å². The van der Waals surface area contributed by atoms with Gasteiger partial charge < -0.3 is 5.11 Å². The molecule has 0 radical (unpaired) electrons. The molecule has 22 heavy (non-hydrogen) atoms. The molecular weight excluding hydrogens is 274 g/mol. The lowest BCUT2D eigenvalue weighted by Crippen LogP contribution is -2.02. The number of aromatic nitrogens is 3. The molecule has 3 rings (SSSR count).